The van der Waals surface area contributed by atoms with Crippen LogP contribution in [0.15, 0.2) is 29.3 Å². The minimum Gasteiger partial charge on any atom is -0.406 e. The van der Waals surface area contributed by atoms with E-state index in [-0.39, 0.29) is 5.75 Å². The molecule has 1 aliphatic rings. The molecule has 0 radical (unpaired) electrons. The molecule has 0 aromatic heterocycles. The van der Waals surface area contributed by atoms with Crippen molar-refractivity contribution in [3.8, 4) is 5.75 Å². The highest BCUT2D eigenvalue weighted by Crippen LogP contribution is 2.22. The molecule has 0 amide bonds. The summed E-state index contributed by atoms with van der Waals surface area (Å²) in [5.41, 5.74) is 0.904. The largest absolute Gasteiger partial charge is 0.573 e. The molecule has 6 nitrogen and oxygen atoms in total. The number of guanidine groups is 1. The Morgan fingerprint density at radius 1 is 1.21 bits per heavy atom. The fourth-order valence-electron chi connectivity index (χ4n) is 2.75. The zero-order valence-electron chi connectivity index (χ0n) is 16.1. The first-order chi connectivity index (χ1) is 13.5. The van der Waals surface area contributed by atoms with Gasteiger partial charge in [0, 0.05) is 39.3 Å². The van der Waals surface area contributed by atoms with Crippen molar-refractivity contribution >= 4 is 5.96 Å². The van der Waals surface area contributed by atoms with Gasteiger partial charge in [0.25, 0.3) is 0 Å². The minimum absolute atomic E-state index is 0.218. The summed E-state index contributed by atoms with van der Waals surface area (Å²) in [4.78, 5) is 4.15. The van der Waals surface area contributed by atoms with Crippen LogP contribution in [0.3, 0.4) is 0 Å². The highest BCUT2D eigenvalue weighted by molar-refractivity contribution is 5.79. The Hall–Kier alpha value is -2.00. The summed E-state index contributed by atoms with van der Waals surface area (Å²) in [6.45, 7) is 4.42. The number of ether oxygens (including phenoxy) is 3. The van der Waals surface area contributed by atoms with Crippen LogP contribution >= 0.6 is 0 Å². The number of rotatable bonds is 10. The summed E-state index contributed by atoms with van der Waals surface area (Å²) in [7, 11) is 1.69. The molecule has 0 aliphatic carbocycles. The van der Waals surface area contributed by atoms with Gasteiger partial charge in [0.2, 0.25) is 0 Å². The van der Waals surface area contributed by atoms with E-state index < -0.39 is 6.36 Å². The number of alkyl halides is 3. The van der Waals surface area contributed by atoms with Gasteiger partial charge in [-0.25, -0.2) is 0 Å². The van der Waals surface area contributed by atoms with E-state index >= 15 is 0 Å². The van der Waals surface area contributed by atoms with Crippen LogP contribution in [0.25, 0.3) is 0 Å². The normalized spacial score (nSPS) is 17.6. The van der Waals surface area contributed by atoms with Crippen molar-refractivity contribution in [2.24, 2.45) is 10.9 Å². The molecule has 9 heteroatoms. The fourth-order valence-corrected chi connectivity index (χ4v) is 2.75. The summed E-state index contributed by atoms with van der Waals surface area (Å²) >= 11 is 0. The summed E-state index contributed by atoms with van der Waals surface area (Å²) < 4.78 is 51.3. The van der Waals surface area contributed by atoms with Crippen molar-refractivity contribution in [3.05, 3.63) is 29.8 Å². The summed E-state index contributed by atoms with van der Waals surface area (Å²) in [5.74, 6) is 0.988. The van der Waals surface area contributed by atoms with Gasteiger partial charge in [0.05, 0.1) is 13.2 Å². The molecule has 2 N–H and O–H groups in total. The topological polar surface area (TPSA) is 64.1 Å². The Labute approximate surface area is 163 Å². The Balaban J connectivity index is 1.55. The van der Waals surface area contributed by atoms with E-state index in [1.165, 1.54) is 12.1 Å². The van der Waals surface area contributed by atoms with Crippen molar-refractivity contribution < 1.29 is 27.4 Å². The van der Waals surface area contributed by atoms with Gasteiger partial charge in [-0.05, 0) is 37.0 Å². The van der Waals surface area contributed by atoms with E-state index in [0.29, 0.717) is 31.4 Å². The fraction of sp³-hybridized carbons (Fsp3) is 0.632. The van der Waals surface area contributed by atoms with Crippen molar-refractivity contribution in [2.45, 2.75) is 25.6 Å². The number of nitrogens with one attached hydrogen (secondary N) is 2. The SMILES string of the molecule is CN=C(NCCCOCC1CCOC1)NCCc1ccc(OC(F)(F)F)cc1. The smallest absolute Gasteiger partial charge is 0.406 e. The molecule has 2 rings (SSSR count). The lowest BCUT2D eigenvalue weighted by atomic mass is 10.1. The maximum Gasteiger partial charge on any atom is 0.573 e. The van der Waals surface area contributed by atoms with Gasteiger partial charge in [0.1, 0.15) is 5.75 Å². The third-order valence-corrected chi connectivity index (χ3v) is 4.22. The van der Waals surface area contributed by atoms with Crippen molar-refractivity contribution in [2.75, 3.05) is 46.6 Å². The number of halogens is 3. The van der Waals surface area contributed by atoms with Crippen LogP contribution in [0.1, 0.15) is 18.4 Å². The van der Waals surface area contributed by atoms with E-state index in [1.807, 2.05) is 0 Å². The molecule has 158 valence electrons. The van der Waals surface area contributed by atoms with Gasteiger partial charge in [-0.3, -0.25) is 4.99 Å². The average molecular weight is 403 g/mol. The Bertz CT molecular complexity index is 588. The lowest BCUT2D eigenvalue weighted by Gasteiger charge is -2.13. The average Bonchev–Trinajstić information content (AvgIpc) is 3.16. The third-order valence-electron chi connectivity index (χ3n) is 4.22. The molecule has 1 saturated heterocycles. The van der Waals surface area contributed by atoms with Crippen molar-refractivity contribution in [1.82, 2.24) is 10.6 Å². The monoisotopic (exact) mass is 403 g/mol. The lowest BCUT2D eigenvalue weighted by molar-refractivity contribution is -0.274. The first-order valence-corrected chi connectivity index (χ1v) is 9.41. The first kappa shape index (κ1) is 22.3. The van der Waals surface area contributed by atoms with Crippen LogP contribution in [0.2, 0.25) is 0 Å². The van der Waals surface area contributed by atoms with E-state index in [2.05, 4.69) is 20.4 Å². The Kier molecular flexibility index (Phi) is 9.36. The van der Waals surface area contributed by atoms with Gasteiger partial charge in [0.15, 0.2) is 5.96 Å². The van der Waals surface area contributed by atoms with Crippen LogP contribution in [0.4, 0.5) is 13.2 Å². The lowest BCUT2D eigenvalue weighted by Crippen LogP contribution is -2.39. The predicted molar refractivity (Wildman–Crippen MR) is 101 cm³/mol. The predicted octanol–water partition coefficient (Wildman–Crippen LogP) is 2.74. The maximum absolute atomic E-state index is 12.1. The Morgan fingerprint density at radius 3 is 2.61 bits per heavy atom. The molecular formula is C19H28F3N3O3. The third kappa shape index (κ3) is 9.27. The minimum atomic E-state index is -4.67. The molecule has 0 bridgehead atoms. The van der Waals surface area contributed by atoms with Crippen molar-refractivity contribution in [3.63, 3.8) is 0 Å². The molecule has 1 aromatic carbocycles. The van der Waals surface area contributed by atoms with Crippen LogP contribution in [0.5, 0.6) is 5.75 Å². The maximum atomic E-state index is 12.1. The molecule has 1 aliphatic heterocycles. The molecule has 1 heterocycles. The molecule has 28 heavy (non-hydrogen) atoms. The zero-order chi connectivity index (χ0) is 20.2. The second-order valence-electron chi connectivity index (χ2n) is 6.53. The highest BCUT2D eigenvalue weighted by atomic mass is 19.4. The molecule has 0 spiro atoms. The van der Waals surface area contributed by atoms with Crippen molar-refractivity contribution in [1.29, 1.82) is 0 Å². The van der Waals surface area contributed by atoms with Gasteiger partial charge < -0.3 is 24.8 Å². The molecule has 0 saturated carbocycles. The van der Waals surface area contributed by atoms with Gasteiger partial charge in [-0.1, -0.05) is 12.1 Å². The standard InChI is InChI=1S/C19H28F3N3O3/c1-23-18(24-9-2-11-26-13-16-8-12-27-14-16)25-10-7-15-3-5-17(6-4-15)28-19(20,21)22/h3-6,16H,2,7-14H2,1H3,(H2,23,24,25). The molecular weight excluding hydrogens is 375 g/mol. The van der Waals surface area contributed by atoms with E-state index in [1.54, 1.807) is 19.2 Å². The summed E-state index contributed by atoms with van der Waals surface area (Å²) in [6, 6.07) is 5.86. The second-order valence-corrected chi connectivity index (χ2v) is 6.53. The molecule has 1 aromatic rings. The summed E-state index contributed by atoms with van der Waals surface area (Å²) in [5, 5.41) is 6.38. The number of nitrogens with zero attached hydrogens (tertiary/aromatic N) is 1. The zero-order valence-corrected chi connectivity index (χ0v) is 16.1. The van der Waals surface area contributed by atoms with Gasteiger partial charge in [-0.2, -0.15) is 0 Å². The second kappa shape index (κ2) is 11.8. The van der Waals surface area contributed by atoms with E-state index in [9.17, 15) is 13.2 Å². The number of benzene rings is 1. The van der Waals surface area contributed by atoms with Crippen LogP contribution in [-0.2, 0) is 15.9 Å². The van der Waals surface area contributed by atoms with Gasteiger partial charge >= 0.3 is 6.36 Å². The number of aliphatic imine (C=N–C) groups is 1. The van der Waals surface area contributed by atoms with Crippen LogP contribution in [-0.4, -0.2) is 58.9 Å². The number of hydrogen-bond donors (Lipinski definition) is 2. The molecule has 1 fully saturated rings. The highest BCUT2D eigenvalue weighted by Gasteiger charge is 2.30. The van der Waals surface area contributed by atoms with E-state index in [4.69, 9.17) is 9.47 Å². The molecule has 1 atom stereocenters. The number of hydrogen-bond acceptors (Lipinski definition) is 4. The summed E-state index contributed by atoms with van der Waals surface area (Å²) in [6.07, 6.45) is -2.07. The van der Waals surface area contributed by atoms with Crippen LogP contribution in [0, 0.1) is 5.92 Å². The molecule has 1 unspecified atom stereocenters. The Morgan fingerprint density at radius 2 is 1.96 bits per heavy atom. The van der Waals surface area contributed by atoms with E-state index in [0.717, 1.165) is 44.8 Å². The van der Waals surface area contributed by atoms with Gasteiger partial charge in [-0.15, -0.1) is 13.2 Å². The first-order valence-electron chi connectivity index (χ1n) is 9.41. The quantitative estimate of drug-likeness (QED) is 0.357. The van der Waals surface area contributed by atoms with Crippen LogP contribution < -0.4 is 15.4 Å².